The Kier molecular flexibility index (Phi) is 5.27. The number of benzene rings is 2. The Labute approximate surface area is 161 Å². The van der Waals surface area contributed by atoms with Crippen LogP contribution in [0.15, 0.2) is 45.7 Å². The highest BCUT2D eigenvalue weighted by molar-refractivity contribution is 8.15. The Morgan fingerprint density at radius 2 is 2.04 bits per heavy atom. The summed E-state index contributed by atoms with van der Waals surface area (Å²) in [4.78, 5) is 12.2. The zero-order valence-electron chi connectivity index (χ0n) is 14.0. The highest BCUT2D eigenvalue weighted by atomic mass is 35.5. The third-order valence-corrected chi connectivity index (χ3v) is 6.43. The van der Waals surface area contributed by atoms with E-state index in [1.165, 1.54) is 6.07 Å². The van der Waals surface area contributed by atoms with E-state index < -0.39 is 10.0 Å². The first kappa shape index (κ1) is 18.8. The Morgan fingerprint density at radius 3 is 2.81 bits per heavy atom. The van der Waals surface area contributed by atoms with Gasteiger partial charge < -0.3 is 10.6 Å². The van der Waals surface area contributed by atoms with Crippen LogP contribution in [0.4, 0.5) is 11.4 Å². The maximum absolute atomic E-state index is 12.3. The summed E-state index contributed by atoms with van der Waals surface area (Å²) in [5.74, 6) is -0.218. The van der Waals surface area contributed by atoms with Gasteiger partial charge in [-0.3, -0.25) is 4.79 Å². The molecule has 136 valence electrons. The molecule has 0 aromatic heterocycles. The van der Waals surface area contributed by atoms with Gasteiger partial charge in [-0.1, -0.05) is 35.5 Å². The number of halogens is 1. The van der Waals surface area contributed by atoms with Gasteiger partial charge in [0.15, 0.2) is 5.17 Å². The highest BCUT2D eigenvalue weighted by Crippen LogP contribution is 2.31. The summed E-state index contributed by atoms with van der Waals surface area (Å²) in [7, 11) is -3.84. The minimum atomic E-state index is -3.84. The maximum Gasteiger partial charge on any atom is 0.286 e. The molecule has 0 radical (unpaired) electrons. The molecule has 0 spiro atoms. The van der Waals surface area contributed by atoms with Gasteiger partial charge in [-0.2, -0.15) is 8.42 Å². The van der Waals surface area contributed by atoms with E-state index in [0.717, 1.165) is 28.6 Å². The van der Waals surface area contributed by atoms with Crippen LogP contribution in [-0.4, -0.2) is 25.2 Å². The maximum atomic E-state index is 12.3. The monoisotopic (exact) mass is 409 g/mol. The lowest BCUT2D eigenvalue weighted by molar-refractivity contribution is -0.113. The zero-order valence-corrected chi connectivity index (χ0v) is 16.4. The number of fused-ring (bicyclic) bond motifs is 1. The summed E-state index contributed by atoms with van der Waals surface area (Å²) in [6, 6.07) is 10.2. The first-order chi connectivity index (χ1) is 12.3. The second-order valence-corrected chi connectivity index (χ2v) is 8.69. The van der Waals surface area contributed by atoms with Gasteiger partial charge in [0.2, 0.25) is 5.91 Å². The summed E-state index contributed by atoms with van der Waals surface area (Å²) in [6.45, 7) is 3.90. The van der Waals surface area contributed by atoms with Crippen LogP contribution in [0, 0.1) is 13.8 Å². The molecule has 1 amide bonds. The third-order valence-electron chi connectivity index (χ3n) is 3.88. The number of carbonyl (C=O) groups excluding carboxylic acids is 1. The number of thioether (sulfide) groups is 1. The number of anilines is 2. The summed E-state index contributed by atoms with van der Waals surface area (Å²) >= 11 is 6.86. The van der Waals surface area contributed by atoms with Gasteiger partial charge in [-0.15, -0.1) is 4.40 Å². The molecular formula is C17H16ClN3O3S2. The number of nitrogens with zero attached hydrogens (tertiary/aromatic N) is 1. The van der Waals surface area contributed by atoms with Crippen LogP contribution in [0.3, 0.4) is 0 Å². The van der Waals surface area contributed by atoms with Crippen molar-refractivity contribution in [1.82, 2.24) is 0 Å². The molecule has 6 nitrogen and oxygen atoms in total. The smallest absolute Gasteiger partial charge is 0.286 e. The first-order valence-electron chi connectivity index (χ1n) is 7.67. The van der Waals surface area contributed by atoms with E-state index in [9.17, 15) is 13.2 Å². The second-order valence-electron chi connectivity index (χ2n) is 5.72. The number of nitrogens with one attached hydrogen (secondary N) is 2. The van der Waals surface area contributed by atoms with Gasteiger partial charge in [0.1, 0.15) is 4.90 Å². The van der Waals surface area contributed by atoms with Crippen LogP contribution < -0.4 is 10.6 Å². The van der Waals surface area contributed by atoms with Crippen molar-refractivity contribution in [3.63, 3.8) is 0 Å². The van der Waals surface area contributed by atoms with Crippen LogP contribution in [0.2, 0.25) is 5.02 Å². The summed E-state index contributed by atoms with van der Waals surface area (Å²) in [5, 5.41) is 6.21. The largest absolute Gasteiger partial charge is 0.333 e. The van der Waals surface area contributed by atoms with Crippen LogP contribution >= 0.6 is 23.4 Å². The lowest BCUT2D eigenvalue weighted by Crippen LogP contribution is -2.22. The minimum Gasteiger partial charge on any atom is -0.333 e. The van der Waals surface area contributed by atoms with Crippen molar-refractivity contribution < 1.29 is 13.2 Å². The number of sulfonamides is 1. The van der Waals surface area contributed by atoms with E-state index in [1.54, 1.807) is 12.1 Å². The average Bonchev–Trinajstić information content (AvgIpc) is 2.57. The molecule has 1 aliphatic heterocycles. The Balaban J connectivity index is 1.69. The van der Waals surface area contributed by atoms with Crippen LogP contribution in [0.5, 0.6) is 0 Å². The van der Waals surface area contributed by atoms with E-state index in [2.05, 4.69) is 15.0 Å². The van der Waals surface area contributed by atoms with Gasteiger partial charge in [0, 0.05) is 10.7 Å². The average molecular weight is 410 g/mol. The van der Waals surface area contributed by atoms with Crippen molar-refractivity contribution in [2.75, 3.05) is 16.4 Å². The molecule has 0 saturated carbocycles. The fourth-order valence-corrected chi connectivity index (χ4v) is 4.68. The molecule has 2 N–H and O–H groups in total. The molecule has 0 aliphatic carbocycles. The Morgan fingerprint density at radius 1 is 1.27 bits per heavy atom. The second kappa shape index (κ2) is 7.30. The van der Waals surface area contributed by atoms with Crippen LogP contribution in [0.1, 0.15) is 11.1 Å². The van der Waals surface area contributed by atoms with Crippen molar-refractivity contribution in [1.29, 1.82) is 0 Å². The zero-order chi connectivity index (χ0) is 18.9. The fourth-order valence-electron chi connectivity index (χ4n) is 2.38. The van der Waals surface area contributed by atoms with Gasteiger partial charge >= 0.3 is 0 Å². The molecule has 0 atom stereocenters. The molecule has 1 aliphatic rings. The standard InChI is InChI=1S/C17H16ClN3O3S2/c1-10-4-3-5-13(11(10)2)19-16(22)9-25-17-20-14-7-6-12(18)8-15(14)26(23,24)21-17/h3-8H,9H2,1-2H3,(H,19,22)(H,20,21). The van der Waals surface area contributed by atoms with Gasteiger partial charge in [-0.25, -0.2) is 0 Å². The molecule has 1 heterocycles. The number of rotatable bonds is 3. The number of carbonyl (C=O) groups is 1. The van der Waals surface area contributed by atoms with Crippen molar-refractivity contribution in [2.24, 2.45) is 4.40 Å². The van der Waals surface area contributed by atoms with Crippen molar-refractivity contribution in [3.05, 3.63) is 52.5 Å². The Hall–Kier alpha value is -2.03. The molecule has 0 saturated heterocycles. The molecule has 0 bridgehead atoms. The van der Waals surface area contributed by atoms with E-state index in [4.69, 9.17) is 11.6 Å². The molecule has 0 fully saturated rings. The molecule has 9 heteroatoms. The SMILES string of the molecule is Cc1cccc(NC(=O)CSC2=NS(=O)(=O)c3cc(Cl)ccc3N2)c1C. The number of aryl methyl sites for hydroxylation is 1. The molecule has 2 aromatic carbocycles. The number of hydrogen-bond donors (Lipinski definition) is 2. The predicted molar refractivity (Wildman–Crippen MR) is 107 cm³/mol. The van der Waals surface area contributed by atoms with Crippen molar-refractivity contribution in [3.8, 4) is 0 Å². The molecule has 26 heavy (non-hydrogen) atoms. The number of amides is 1. The minimum absolute atomic E-state index is 0.0224. The number of hydrogen-bond acceptors (Lipinski definition) is 5. The highest BCUT2D eigenvalue weighted by Gasteiger charge is 2.25. The first-order valence-corrected chi connectivity index (χ1v) is 10.5. The van der Waals surface area contributed by atoms with E-state index in [1.807, 2.05) is 32.0 Å². The van der Waals surface area contributed by atoms with Crippen molar-refractivity contribution >= 4 is 55.8 Å². The van der Waals surface area contributed by atoms with E-state index in [-0.39, 0.29) is 21.7 Å². The van der Waals surface area contributed by atoms with Crippen LogP contribution in [-0.2, 0) is 14.8 Å². The van der Waals surface area contributed by atoms with Crippen LogP contribution in [0.25, 0.3) is 0 Å². The van der Waals surface area contributed by atoms with E-state index >= 15 is 0 Å². The topological polar surface area (TPSA) is 87.6 Å². The summed E-state index contributed by atoms with van der Waals surface area (Å²) < 4.78 is 28.2. The third kappa shape index (κ3) is 4.03. The number of amidine groups is 1. The summed E-state index contributed by atoms with van der Waals surface area (Å²) in [6.07, 6.45) is 0. The molecule has 0 unspecified atom stereocenters. The summed E-state index contributed by atoms with van der Waals surface area (Å²) in [5.41, 5.74) is 3.20. The molecular weight excluding hydrogens is 394 g/mol. The fraction of sp³-hybridized carbons (Fsp3) is 0.176. The van der Waals surface area contributed by atoms with E-state index in [0.29, 0.717) is 10.7 Å². The predicted octanol–water partition coefficient (Wildman–Crippen LogP) is 3.80. The lowest BCUT2D eigenvalue weighted by Gasteiger charge is -2.17. The van der Waals surface area contributed by atoms with Gasteiger partial charge in [-0.05, 0) is 49.2 Å². The van der Waals surface area contributed by atoms with Gasteiger partial charge in [0.25, 0.3) is 10.0 Å². The molecule has 2 aromatic rings. The molecule has 3 rings (SSSR count). The normalized spacial score (nSPS) is 14.8. The van der Waals surface area contributed by atoms with Gasteiger partial charge in [0.05, 0.1) is 11.4 Å². The lowest BCUT2D eigenvalue weighted by atomic mass is 10.1. The van der Waals surface area contributed by atoms with Crippen molar-refractivity contribution in [2.45, 2.75) is 18.7 Å². The Bertz CT molecular complexity index is 1020. The quantitative estimate of drug-likeness (QED) is 0.805.